The van der Waals surface area contributed by atoms with E-state index >= 15 is 0 Å². The summed E-state index contributed by atoms with van der Waals surface area (Å²) in [5.74, 6) is 0.443. The van der Waals surface area contributed by atoms with Crippen molar-refractivity contribution in [3.63, 3.8) is 0 Å². The summed E-state index contributed by atoms with van der Waals surface area (Å²) in [7, 11) is 0. The summed E-state index contributed by atoms with van der Waals surface area (Å²) in [5.41, 5.74) is 1.01. The summed E-state index contributed by atoms with van der Waals surface area (Å²) in [6, 6.07) is 0. The molecule has 2 rings (SSSR count). The summed E-state index contributed by atoms with van der Waals surface area (Å²) in [6.45, 7) is 0. The first-order valence-corrected chi connectivity index (χ1v) is 3.80. The highest BCUT2D eigenvalue weighted by Crippen LogP contribution is 2.34. The second-order valence-electron chi connectivity index (χ2n) is 2.95. The minimum Gasteiger partial charge on any atom is -0.393 e. The van der Waals surface area contributed by atoms with Gasteiger partial charge < -0.3 is 5.11 Å². The molecule has 0 bridgehead atoms. The number of aromatic nitrogens is 2. The lowest BCUT2D eigenvalue weighted by molar-refractivity contribution is 0.0731. The lowest BCUT2D eigenvalue weighted by Gasteiger charge is -2.30. The molecule has 58 valence electrons. The number of rotatable bonds is 1. The van der Waals surface area contributed by atoms with Crippen LogP contribution < -0.4 is 0 Å². The van der Waals surface area contributed by atoms with Crippen LogP contribution in [0.4, 0.5) is 0 Å². The Morgan fingerprint density at radius 3 is 2.73 bits per heavy atom. The van der Waals surface area contributed by atoms with E-state index in [-0.39, 0.29) is 6.10 Å². The van der Waals surface area contributed by atoms with E-state index in [0.717, 1.165) is 18.5 Å². The molecule has 1 aliphatic rings. The number of hydrogen-bond acceptors (Lipinski definition) is 3. The Morgan fingerprint density at radius 1 is 1.36 bits per heavy atom. The van der Waals surface area contributed by atoms with Gasteiger partial charge in [0.25, 0.3) is 0 Å². The van der Waals surface area contributed by atoms with Crippen molar-refractivity contribution in [1.29, 1.82) is 0 Å². The van der Waals surface area contributed by atoms with Gasteiger partial charge in [-0.1, -0.05) is 0 Å². The van der Waals surface area contributed by atoms with Gasteiger partial charge in [-0.15, -0.1) is 0 Å². The fourth-order valence-corrected chi connectivity index (χ4v) is 1.35. The van der Waals surface area contributed by atoms with Gasteiger partial charge in [0, 0.05) is 24.5 Å². The van der Waals surface area contributed by atoms with Gasteiger partial charge in [0.05, 0.1) is 11.8 Å². The molecule has 0 amide bonds. The van der Waals surface area contributed by atoms with Gasteiger partial charge in [0.15, 0.2) is 0 Å². The van der Waals surface area contributed by atoms with Crippen LogP contribution in [-0.2, 0) is 0 Å². The predicted octanol–water partition coefficient (Wildman–Crippen LogP) is 0.715. The highest BCUT2D eigenvalue weighted by atomic mass is 16.3. The monoisotopic (exact) mass is 150 g/mol. The molecule has 0 radical (unpaired) electrons. The third-order valence-corrected chi connectivity index (χ3v) is 2.11. The summed E-state index contributed by atoms with van der Waals surface area (Å²) < 4.78 is 0. The van der Waals surface area contributed by atoms with Gasteiger partial charge in [-0.2, -0.15) is 0 Å². The minimum absolute atomic E-state index is 0.109. The molecule has 0 atom stereocenters. The molecule has 3 heteroatoms. The molecule has 3 nitrogen and oxygen atoms in total. The van der Waals surface area contributed by atoms with E-state index in [1.54, 1.807) is 18.6 Å². The summed E-state index contributed by atoms with van der Waals surface area (Å²) >= 11 is 0. The van der Waals surface area contributed by atoms with Crippen LogP contribution in [0.25, 0.3) is 0 Å². The van der Waals surface area contributed by atoms with Crippen molar-refractivity contribution in [2.75, 3.05) is 0 Å². The van der Waals surface area contributed by atoms with E-state index in [2.05, 4.69) is 9.97 Å². The van der Waals surface area contributed by atoms with Crippen LogP contribution >= 0.6 is 0 Å². The molecule has 0 aromatic carbocycles. The van der Waals surface area contributed by atoms with Crippen molar-refractivity contribution >= 4 is 0 Å². The third kappa shape index (κ3) is 1.24. The molecular weight excluding hydrogens is 140 g/mol. The molecule has 0 saturated heterocycles. The number of aliphatic hydroxyl groups excluding tert-OH is 1. The first-order chi connectivity index (χ1) is 5.36. The molecular formula is C8H10N2O. The molecule has 1 aromatic rings. The van der Waals surface area contributed by atoms with E-state index in [4.69, 9.17) is 5.11 Å². The fourth-order valence-electron chi connectivity index (χ4n) is 1.35. The zero-order chi connectivity index (χ0) is 7.68. The summed E-state index contributed by atoms with van der Waals surface area (Å²) in [4.78, 5) is 8.13. The first-order valence-electron chi connectivity index (χ1n) is 3.80. The summed E-state index contributed by atoms with van der Waals surface area (Å²) in [6.07, 6.45) is 6.72. The average Bonchev–Trinajstić information content (AvgIpc) is 2.01. The van der Waals surface area contributed by atoms with Gasteiger partial charge in [0.2, 0.25) is 0 Å². The zero-order valence-electron chi connectivity index (χ0n) is 6.14. The molecule has 1 heterocycles. The van der Waals surface area contributed by atoms with Crippen molar-refractivity contribution in [2.45, 2.75) is 24.9 Å². The third-order valence-electron chi connectivity index (χ3n) is 2.11. The van der Waals surface area contributed by atoms with E-state index in [1.165, 1.54) is 0 Å². The van der Waals surface area contributed by atoms with E-state index in [9.17, 15) is 0 Å². The van der Waals surface area contributed by atoms with Crippen molar-refractivity contribution in [2.24, 2.45) is 0 Å². The normalized spacial score (nSPS) is 29.5. The van der Waals surface area contributed by atoms with Crippen molar-refractivity contribution < 1.29 is 5.11 Å². The topological polar surface area (TPSA) is 46.0 Å². The van der Waals surface area contributed by atoms with E-state index in [0.29, 0.717) is 5.92 Å². The Hall–Kier alpha value is -0.960. The molecule has 11 heavy (non-hydrogen) atoms. The van der Waals surface area contributed by atoms with Crippen molar-refractivity contribution in [1.82, 2.24) is 9.97 Å². The molecule has 0 unspecified atom stereocenters. The van der Waals surface area contributed by atoms with E-state index < -0.39 is 0 Å². The van der Waals surface area contributed by atoms with Crippen LogP contribution in [0, 0.1) is 0 Å². The molecule has 0 spiro atoms. The first kappa shape index (κ1) is 6.73. The number of aliphatic hydroxyl groups is 1. The molecule has 1 saturated carbocycles. The van der Waals surface area contributed by atoms with Crippen LogP contribution in [-0.4, -0.2) is 21.2 Å². The molecule has 1 aromatic heterocycles. The van der Waals surface area contributed by atoms with E-state index in [1.807, 2.05) is 0 Å². The maximum atomic E-state index is 9.03. The number of hydrogen-bond donors (Lipinski definition) is 1. The highest BCUT2D eigenvalue weighted by Gasteiger charge is 2.29. The quantitative estimate of drug-likeness (QED) is 0.641. The Balaban J connectivity index is 2.08. The molecule has 1 aliphatic carbocycles. The lowest BCUT2D eigenvalue weighted by Crippen LogP contribution is -2.27. The fraction of sp³-hybridized carbons (Fsp3) is 0.500. The van der Waals surface area contributed by atoms with Gasteiger partial charge in [0.1, 0.15) is 0 Å². The van der Waals surface area contributed by atoms with Gasteiger partial charge in [-0.25, -0.2) is 0 Å². The predicted molar refractivity (Wildman–Crippen MR) is 40.0 cm³/mol. The summed E-state index contributed by atoms with van der Waals surface area (Å²) in [5, 5.41) is 9.03. The molecule has 0 aliphatic heterocycles. The maximum absolute atomic E-state index is 9.03. The van der Waals surface area contributed by atoms with Crippen LogP contribution in [0.2, 0.25) is 0 Å². The average molecular weight is 150 g/mol. The zero-order valence-corrected chi connectivity index (χ0v) is 6.14. The second kappa shape index (κ2) is 2.58. The van der Waals surface area contributed by atoms with Gasteiger partial charge >= 0.3 is 0 Å². The molecule has 1 N–H and O–H groups in total. The highest BCUT2D eigenvalue weighted by molar-refractivity contribution is 5.08. The Labute approximate surface area is 65.1 Å². The van der Waals surface area contributed by atoms with Crippen LogP contribution in [0.1, 0.15) is 24.5 Å². The van der Waals surface area contributed by atoms with Crippen molar-refractivity contribution in [3.8, 4) is 0 Å². The molecule has 1 fully saturated rings. The standard InChI is InChI=1S/C8H10N2O/c11-7-3-6(4-7)8-5-9-1-2-10-8/h1-2,5-7,11H,3-4H2. The Morgan fingerprint density at radius 2 is 2.18 bits per heavy atom. The lowest BCUT2D eigenvalue weighted by atomic mass is 9.80. The Kier molecular flexibility index (Phi) is 1.58. The second-order valence-corrected chi connectivity index (χ2v) is 2.95. The number of nitrogens with zero attached hydrogens (tertiary/aromatic N) is 2. The Bertz CT molecular complexity index is 231. The van der Waals surface area contributed by atoms with Gasteiger partial charge in [-0.3, -0.25) is 9.97 Å². The minimum atomic E-state index is -0.109. The maximum Gasteiger partial charge on any atom is 0.0619 e. The van der Waals surface area contributed by atoms with Crippen molar-refractivity contribution in [3.05, 3.63) is 24.3 Å². The largest absolute Gasteiger partial charge is 0.393 e. The smallest absolute Gasteiger partial charge is 0.0619 e. The van der Waals surface area contributed by atoms with Crippen LogP contribution in [0.3, 0.4) is 0 Å². The van der Waals surface area contributed by atoms with Crippen LogP contribution in [0.5, 0.6) is 0 Å². The SMILES string of the molecule is OC1CC(c2cnccn2)C1. The van der Waals surface area contributed by atoms with Gasteiger partial charge in [-0.05, 0) is 12.8 Å². The van der Waals surface area contributed by atoms with Crippen LogP contribution in [0.15, 0.2) is 18.6 Å².